The Morgan fingerprint density at radius 2 is 1.73 bits per heavy atom. The molecule has 3 aromatic carbocycles. The third-order valence-electron chi connectivity index (χ3n) is 6.76. The van der Waals surface area contributed by atoms with Crippen LogP contribution in [0.15, 0.2) is 83.8 Å². The van der Waals surface area contributed by atoms with E-state index in [1.165, 1.54) is 15.9 Å². The Bertz CT molecular complexity index is 2030. The lowest BCUT2D eigenvalue weighted by molar-refractivity contribution is 0.294. The number of hydrogen-bond donors (Lipinski definition) is 0. The second kappa shape index (κ2) is 13.0. The van der Waals surface area contributed by atoms with Gasteiger partial charge < -0.3 is 14.2 Å². The summed E-state index contributed by atoms with van der Waals surface area (Å²) in [5.41, 5.74) is 4.05. The van der Waals surface area contributed by atoms with Crippen LogP contribution in [0.25, 0.3) is 40.1 Å². The predicted octanol–water partition coefficient (Wildman–Crippen LogP) is 5.92. The van der Waals surface area contributed by atoms with Crippen molar-refractivity contribution in [1.29, 1.82) is 0 Å². The van der Waals surface area contributed by atoms with Gasteiger partial charge in [0.25, 0.3) is 5.56 Å². The summed E-state index contributed by atoms with van der Waals surface area (Å²) in [5.74, 6) is 2.59. The molecule has 0 amide bonds. The summed E-state index contributed by atoms with van der Waals surface area (Å²) in [6.07, 6.45) is 8.35. The molecule has 9 nitrogen and oxygen atoms in total. The van der Waals surface area contributed by atoms with Gasteiger partial charge >= 0.3 is 0 Å². The second-order valence-electron chi connectivity index (χ2n) is 9.84. The Balaban J connectivity index is 1.32. The summed E-state index contributed by atoms with van der Waals surface area (Å²) >= 11 is 1.29. The van der Waals surface area contributed by atoms with Crippen LogP contribution in [0.3, 0.4) is 0 Å². The van der Waals surface area contributed by atoms with Gasteiger partial charge in [0.15, 0.2) is 17.3 Å². The number of ether oxygens (including phenoxy) is 3. The molecule has 0 N–H and O–H groups in total. The van der Waals surface area contributed by atoms with Crippen LogP contribution < -0.4 is 24.3 Å². The molecular weight excluding hydrogens is 574 g/mol. The normalized spacial score (nSPS) is 11.9. The summed E-state index contributed by atoms with van der Waals surface area (Å²) in [7, 11) is 1.62. The molecule has 10 heteroatoms. The van der Waals surface area contributed by atoms with Crippen molar-refractivity contribution in [3.8, 4) is 34.2 Å². The third-order valence-corrected chi connectivity index (χ3v) is 7.72. The molecule has 0 aliphatic heterocycles. The second-order valence-corrected chi connectivity index (χ2v) is 10.9. The Morgan fingerprint density at radius 1 is 0.909 bits per heavy atom. The van der Waals surface area contributed by atoms with E-state index in [9.17, 15) is 4.79 Å². The minimum Gasteiger partial charge on any atom is -0.494 e. The molecule has 0 saturated carbocycles. The van der Waals surface area contributed by atoms with Crippen molar-refractivity contribution in [2.75, 3.05) is 20.3 Å². The largest absolute Gasteiger partial charge is 0.494 e. The number of rotatable bonds is 11. The lowest BCUT2D eigenvalue weighted by Crippen LogP contribution is -2.23. The molecule has 3 heterocycles. The highest BCUT2D eigenvalue weighted by Gasteiger charge is 2.14. The zero-order chi connectivity index (χ0) is 30.5. The fourth-order valence-corrected chi connectivity index (χ4v) is 5.56. The molecule has 3 aromatic heterocycles. The smallest absolute Gasteiger partial charge is 0.291 e. The van der Waals surface area contributed by atoms with Gasteiger partial charge in [0, 0.05) is 17.3 Å². The van der Waals surface area contributed by atoms with Crippen molar-refractivity contribution in [1.82, 2.24) is 24.4 Å². The van der Waals surface area contributed by atoms with Gasteiger partial charge in [0.1, 0.15) is 11.4 Å². The molecule has 0 radical (unpaired) electrons. The number of benzene rings is 3. The molecule has 222 valence electrons. The third kappa shape index (κ3) is 6.11. The number of methoxy groups -OCH3 is 1. The van der Waals surface area contributed by atoms with Gasteiger partial charge in [-0.1, -0.05) is 48.6 Å². The number of fused-ring (bicyclic) bond motifs is 1. The fraction of sp³-hybridized carbons (Fsp3) is 0.176. The number of thiazole rings is 1. The van der Waals surface area contributed by atoms with Crippen molar-refractivity contribution in [2.24, 2.45) is 0 Å². The zero-order valence-electron chi connectivity index (χ0n) is 24.6. The lowest BCUT2D eigenvalue weighted by Gasteiger charge is -2.10. The van der Waals surface area contributed by atoms with Gasteiger partial charge in [-0.05, 0) is 79.6 Å². The SMILES string of the molecule is CCCOc1ccc(/C=C/c2nc3s/c(=C\c4cn(-c5ccccc5)nc4-c4ccc(OCC)cc4)c(=O)n3n2)cc1OC. The van der Waals surface area contributed by atoms with E-state index >= 15 is 0 Å². The van der Waals surface area contributed by atoms with Crippen molar-refractivity contribution in [2.45, 2.75) is 20.3 Å². The van der Waals surface area contributed by atoms with Gasteiger partial charge in [-0.25, -0.2) is 4.68 Å². The van der Waals surface area contributed by atoms with Gasteiger partial charge in [0.05, 0.1) is 30.5 Å². The summed E-state index contributed by atoms with van der Waals surface area (Å²) in [4.78, 5) is 18.5. The van der Waals surface area contributed by atoms with E-state index < -0.39 is 0 Å². The molecule has 0 unspecified atom stereocenters. The Morgan fingerprint density at radius 3 is 2.45 bits per heavy atom. The van der Waals surface area contributed by atoms with Crippen molar-refractivity contribution in [3.63, 3.8) is 0 Å². The molecular formula is C34H31N5O4S. The van der Waals surface area contributed by atoms with Crippen LogP contribution >= 0.6 is 11.3 Å². The van der Waals surface area contributed by atoms with Crippen molar-refractivity contribution >= 4 is 34.5 Å². The van der Waals surface area contributed by atoms with Gasteiger partial charge in [-0.2, -0.15) is 14.6 Å². The van der Waals surface area contributed by atoms with Crippen LogP contribution in [-0.4, -0.2) is 44.7 Å². The number of aromatic nitrogens is 5. The molecule has 0 saturated heterocycles. The number of para-hydroxylation sites is 1. The first-order chi connectivity index (χ1) is 21.6. The summed E-state index contributed by atoms with van der Waals surface area (Å²) in [6.45, 7) is 5.22. The van der Waals surface area contributed by atoms with Crippen molar-refractivity contribution in [3.05, 3.63) is 111 Å². The molecule has 0 fully saturated rings. The van der Waals surface area contributed by atoms with Crippen LogP contribution in [0, 0.1) is 0 Å². The molecule has 44 heavy (non-hydrogen) atoms. The number of nitrogens with zero attached hydrogens (tertiary/aromatic N) is 5. The molecule has 0 aliphatic rings. The van der Waals surface area contributed by atoms with E-state index in [0.29, 0.717) is 40.0 Å². The Kier molecular flexibility index (Phi) is 8.51. The molecule has 0 bridgehead atoms. The lowest BCUT2D eigenvalue weighted by atomic mass is 10.1. The molecule has 0 aliphatic carbocycles. The van der Waals surface area contributed by atoms with E-state index in [4.69, 9.17) is 19.3 Å². The first-order valence-electron chi connectivity index (χ1n) is 14.3. The molecule has 0 atom stereocenters. The highest BCUT2D eigenvalue weighted by Crippen LogP contribution is 2.29. The van der Waals surface area contributed by atoms with E-state index in [0.717, 1.165) is 40.2 Å². The monoisotopic (exact) mass is 605 g/mol. The Hall–Kier alpha value is -5.22. The molecule has 6 rings (SSSR count). The van der Waals surface area contributed by atoms with E-state index in [-0.39, 0.29) is 5.56 Å². The molecule has 6 aromatic rings. The zero-order valence-corrected chi connectivity index (χ0v) is 25.5. The maximum absolute atomic E-state index is 13.4. The topological polar surface area (TPSA) is 92.8 Å². The van der Waals surface area contributed by atoms with E-state index in [1.807, 2.05) is 103 Å². The molecule has 0 spiro atoms. The summed E-state index contributed by atoms with van der Waals surface area (Å²) in [5, 5.41) is 9.33. The van der Waals surface area contributed by atoms with Crippen LogP contribution in [-0.2, 0) is 0 Å². The van der Waals surface area contributed by atoms with Crippen LogP contribution in [0.4, 0.5) is 0 Å². The highest BCUT2D eigenvalue weighted by atomic mass is 32.1. The van der Waals surface area contributed by atoms with Gasteiger partial charge in [-0.15, -0.1) is 5.10 Å². The van der Waals surface area contributed by atoms with Gasteiger partial charge in [-0.3, -0.25) is 4.79 Å². The van der Waals surface area contributed by atoms with Crippen LogP contribution in [0.5, 0.6) is 17.2 Å². The maximum Gasteiger partial charge on any atom is 0.291 e. The summed E-state index contributed by atoms with van der Waals surface area (Å²) < 4.78 is 20.5. The minimum atomic E-state index is -0.235. The Labute approximate surface area is 258 Å². The first-order valence-corrected chi connectivity index (χ1v) is 15.2. The van der Waals surface area contributed by atoms with Crippen molar-refractivity contribution < 1.29 is 14.2 Å². The standard InChI is InChI=1S/C34H31N5O4S/c1-4-19-43-28-17-11-23(20-29(28)41-3)12-18-31-35-34-39(36-31)33(40)30(44-34)21-25-22-38(26-9-7-6-8-10-26)37-32(25)24-13-15-27(16-14-24)42-5-2/h6-18,20-22H,4-5,19H2,1-3H3/b18-12+,30-21-. The predicted molar refractivity (Wildman–Crippen MR) is 174 cm³/mol. The van der Waals surface area contributed by atoms with E-state index in [1.54, 1.807) is 13.2 Å². The van der Waals surface area contributed by atoms with E-state index in [2.05, 4.69) is 17.0 Å². The summed E-state index contributed by atoms with van der Waals surface area (Å²) in [6, 6.07) is 23.4. The average Bonchev–Trinajstić information content (AvgIpc) is 3.74. The van der Waals surface area contributed by atoms with Crippen LogP contribution in [0.2, 0.25) is 0 Å². The quantitative estimate of drug-likeness (QED) is 0.181. The number of hydrogen-bond acceptors (Lipinski definition) is 8. The first kappa shape index (κ1) is 28.9. The fourth-order valence-electron chi connectivity index (χ4n) is 4.66. The minimum absolute atomic E-state index is 0.235. The highest BCUT2D eigenvalue weighted by molar-refractivity contribution is 7.15. The maximum atomic E-state index is 13.4. The van der Waals surface area contributed by atoms with Crippen LogP contribution in [0.1, 0.15) is 37.2 Å². The van der Waals surface area contributed by atoms with Gasteiger partial charge in [0.2, 0.25) is 4.96 Å². The average molecular weight is 606 g/mol.